The number of hydrogen-bond acceptors (Lipinski definition) is 2. The summed E-state index contributed by atoms with van der Waals surface area (Å²) >= 11 is 0. The van der Waals surface area contributed by atoms with Crippen molar-refractivity contribution in [3.8, 4) is 0 Å². The molecule has 2 heterocycles. The van der Waals surface area contributed by atoms with Crippen LogP contribution in [0.25, 0.3) is 11.6 Å². The Labute approximate surface area is 173 Å². The zero-order valence-corrected chi connectivity index (χ0v) is 17.2. The van der Waals surface area contributed by atoms with Crippen molar-refractivity contribution in [2.45, 2.75) is 32.7 Å². The number of rotatable bonds is 2. The molecule has 0 saturated heterocycles. The number of nitrogens with zero attached hydrogens (tertiary/aromatic N) is 1. The molecule has 0 radical (unpaired) electrons. The average Bonchev–Trinajstić information content (AvgIpc) is 2.92. The van der Waals surface area contributed by atoms with E-state index >= 15 is 0 Å². The highest BCUT2D eigenvalue weighted by atomic mass is 15.2. The van der Waals surface area contributed by atoms with E-state index in [0.29, 0.717) is 17.9 Å². The van der Waals surface area contributed by atoms with E-state index in [1.54, 1.807) is 0 Å². The van der Waals surface area contributed by atoms with Crippen LogP contribution in [-0.4, -0.2) is 6.04 Å². The van der Waals surface area contributed by atoms with E-state index < -0.39 is 0 Å². The van der Waals surface area contributed by atoms with Gasteiger partial charge in [-0.2, -0.15) is 0 Å². The molecular formula is C27H28N2. The lowest BCUT2D eigenvalue weighted by atomic mass is 9.76. The zero-order valence-electron chi connectivity index (χ0n) is 17.2. The molecule has 1 N–H and O–H groups in total. The predicted molar refractivity (Wildman–Crippen MR) is 123 cm³/mol. The molecule has 0 amide bonds. The Balaban J connectivity index is 1.76. The first kappa shape index (κ1) is 18.1. The Morgan fingerprint density at radius 1 is 0.931 bits per heavy atom. The van der Waals surface area contributed by atoms with E-state index in [4.69, 9.17) is 0 Å². The Kier molecular flexibility index (Phi) is 4.63. The van der Waals surface area contributed by atoms with Crippen LogP contribution >= 0.6 is 0 Å². The predicted octanol–water partition coefficient (Wildman–Crippen LogP) is 6.37. The van der Waals surface area contributed by atoms with Crippen molar-refractivity contribution >= 4 is 17.3 Å². The van der Waals surface area contributed by atoms with Crippen molar-refractivity contribution in [3.05, 3.63) is 102 Å². The first-order valence-corrected chi connectivity index (χ1v) is 10.7. The Bertz CT molecular complexity index is 1030. The number of fused-ring (bicyclic) bond motifs is 2. The van der Waals surface area contributed by atoms with Crippen molar-refractivity contribution < 1.29 is 0 Å². The van der Waals surface area contributed by atoms with Gasteiger partial charge >= 0.3 is 0 Å². The summed E-state index contributed by atoms with van der Waals surface area (Å²) in [4.78, 5) is 2.48. The molecule has 2 nitrogen and oxygen atoms in total. The number of allylic oxidation sites excluding steroid dienone is 4. The smallest absolute Gasteiger partial charge is 0.0531 e. The Hall–Kier alpha value is -3.00. The molecule has 2 heteroatoms. The van der Waals surface area contributed by atoms with Gasteiger partial charge in [0.05, 0.1) is 5.69 Å². The second kappa shape index (κ2) is 7.44. The molecule has 3 atom stereocenters. The summed E-state index contributed by atoms with van der Waals surface area (Å²) < 4.78 is 0. The third kappa shape index (κ3) is 3.13. The lowest BCUT2D eigenvalue weighted by Gasteiger charge is -2.41. The highest BCUT2D eigenvalue weighted by Gasteiger charge is 2.38. The standard InChI is InChI=1S/C27H28N2/c1-19-20(2)28-18-26-27(19)24(21-11-5-3-6-12-21)17-22-13-9-10-16-25(22)29(26)23-14-7-4-8-15-23/h3,5-7,9-20,27-28H,4,8H2,1-2H3/t19-,20+,27+/m1/s1. The number of nitrogens with one attached hydrogen (secondary N) is 1. The van der Waals surface area contributed by atoms with Crippen LogP contribution < -0.4 is 10.2 Å². The average molecular weight is 381 g/mol. The lowest BCUT2D eigenvalue weighted by Crippen LogP contribution is -2.43. The van der Waals surface area contributed by atoms with Gasteiger partial charge in [0.2, 0.25) is 0 Å². The molecular weight excluding hydrogens is 352 g/mol. The summed E-state index contributed by atoms with van der Waals surface area (Å²) in [5.41, 5.74) is 7.89. The van der Waals surface area contributed by atoms with Crippen molar-refractivity contribution in [2.24, 2.45) is 11.8 Å². The molecule has 3 aliphatic rings. The summed E-state index contributed by atoms with van der Waals surface area (Å²) in [6.45, 7) is 4.67. The fourth-order valence-electron chi connectivity index (χ4n) is 4.82. The molecule has 0 saturated carbocycles. The quantitative estimate of drug-likeness (QED) is 0.651. The molecule has 5 rings (SSSR count). The van der Waals surface area contributed by atoms with Crippen molar-refractivity contribution in [1.82, 2.24) is 5.32 Å². The second-order valence-corrected chi connectivity index (χ2v) is 8.33. The SMILES string of the molecule is C[C@H]1[C@H]2C(c3ccccc3)=Cc3ccccc3N(C3=CCCC=C3)C2=CN[C@H]1C. The summed E-state index contributed by atoms with van der Waals surface area (Å²) in [6.07, 6.45) is 13.9. The number of hydrogen-bond donors (Lipinski definition) is 1. The van der Waals surface area contributed by atoms with Crippen LogP contribution in [0.15, 0.2) is 90.4 Å². The first-order valence-electron chi connectivity index (χ1n) is 10.7. The van der Waals surface area contributed by atoms with E-state index in [-0.39, 0.29) is 0 Å². The fraction of sp³-hybridized carbons (Fsp3) is 0.259. The van der Waals surface area contributed by atoms with Crippen LogP contribution in [-0.2, 0) is 0 Å². The van der Waals surface area contributed by atoms with Crippen LogP contribution in [0, 0.1) is 11.8 Å². The van der Waals surface area contributed by atoms with Gasteiger partial charge < -0.3 is 10.2 Å². The van der Waals surface area contributed by atoms with E-state index in [1.807, 2.05) is 0 Å². The van der Waals surface area contributed by atoms with E-state index in [1.165, 1.54) is 33.8 Å². The maximum absolute atomic E-state index is 3.65. The maximum atomic E-state index is 3.65. The van der Waals surface area contributed by atoms with Gasteiger partial charge in [0.1, 0.15) is 0 Å². The third-order valence-corrected chi connectivity index (χ3v) is 6.55. The largest absolute Gasteiger partial charge is 0.387 e. The van der Waals surface area contributed by atoms with Crippen molar-refractivity contribution in [3.63, 3.8) is 0 Å². The zero-order chi connectivity index (χ0) is 19.8. The molecule has 0 unspecified atom stereocenters. The third-order valence-electron chi connectivity index (χ3n) is 6.55. The molecule has 0 fully saturated rings. The minimum absolute atomic E-state index is 0.331. The number of para-hydroxylation sites is 1. The molecule has 0 spiro atoms. The topological polar surface area (TPSA) is 15.3 Å². The molecule has 0 aromatic heterocycles. The molecule has 29 heavy (non-hydrogen) atoms. The molecule has 2 aromatic rings. The molecule has 2 aliphatic heterocycles. The summed E-state index contributed by atoms with van der Waals surface area (Å²) in [6, 6.07) is 20.1. The Morgan fingerprint density at radius 2 is 1.72 bits per heavy atom. The summed E-state index contributed by atoms with van der Waals surface area (Å²) in [5, 5.41) is 3.65. The number of benzene rings is 2. The van der Waals surface area contributed by atoms with Gasteiger partial charge in [0.15, 0.2) is 0 Å². The second-order valence-electron chi connectivity index (χ2n) is 8.33. The first-order chi connectivity index (χ1) is 14.2. The molecule has 146 valence electrons. The van der Waals surface area contributed by atoms with E-state index in [0.717, 1.165) is 12.8 Å². The van der Waals surface area contributed by atoms with Crippen LogP contribution in [0.4, 0.5) is 5.69 Å². The van der Waals surface area contributed by atoms with Gasteiger partial charge in [0.25, 0.3) is 0 Å². The van der Waals surface area contributed by atoms with Crippen molar-refractivity contribution in [2.75, 3.05) is 4.90 Å². The number of anilines is 1. The van der Waals surface area contributed by atoms with Gasteiger partial charge in [0, 0.05) is 29.6 Å². The minimum atomic E-state index is 0.331. The van der Waals surface area contributed by atoms with Crippen molar-refractivity contribution in [1.29, 1.82) is 0 Å². The molecule has 1 aliphatic carbocycles. The maximum Gasteiger partial charge on any atom is 0.0531 e. The van der Waals surface area contributed by atoms with E-state index in [2.05, 4.69) is 109 Å². The molecule has 2 aromatic carbocycles. The monoisotopic (exact) mass is 380 g/mol. The van der Waals surface area contributed by atoms with Gasteiger partial charge in [-0.05, 0) is 60.6 Å². The fourth-order valence-corrected chi connectivity index (χ4v) is 4.82. The lowest BCUT2D eigenvalue weighted by molar-refractivity contribution is 0.356. The highest BCUT2D eigenvalue weighted by Crippen LogP contribution is 2.47. The van der Waals surface area contributed by atoms with Crippen LogP contribution in [0.1, 0.15) is 37.8 Å². The summed E-state index contributed by atoms with van der Waals surface area (Å²) in [7, 11) is 0. The van der Waals surface area contributed by atoms with Gasteiger partial charge in [-0.15, -0.1) is 0 Å². The van der Waals surface area contributed by atoms with Crippen LogP contribution in [0.2, 0.25) is 0 Å². The van der Waals surface area contributed by atoms with Gasteiger partial charge in [-0.3, -0.25) is 0 Å². The minimum Gasteiger partial charge on any atom is -0.387 e. The van der Waals surface area contributed by atoms with Crippen LogP contribution in [0.3, 0.4) is 0 Å². The van der Waals surface area contributed by atoms with Crippen LogP contribution in [0.5, 0.6) is 0 Å². The van der Waals surface area contributed by atoms with Gasteiger partial charge in [-0.25, -0.2) is 0 Å². The van der Waals surface area contributed by atoms with Gasteiger partial charge in [-0.1, -0.05) is 67.6 Å². The molecule has 0 bridgehead atoms. The highest BCUT2D eigenvalue weighted by molar-refractivity contribution is 5.92. The normalized spacial score (nSPS) is 25.7. The summed E-state index contributed by atoms with van der Waals surface area (Å²) in [5.74, 6) is 0.809. The van der Waals surface area contributed by atoms with E-state index in [9.17, 15) is 0 Å². The Morgan fingerprint density at radius 3 is 2.52 bits per heavy atom.